The highest BCUT2D eigenvalue weighted by Gasteiger charge is 2.09. The molecule has 1 aromatic carbocycles. The number of carbonyl (C=O) groups excluding carboxylic acids is 1. The summed E-state index contributed by atoms with van der Waals surface area (Å²) in [5.74, 6) is 0.433. The van der Waals surface area contributed by atoms with Crippen LogP contribution in [0, 0.1) is 0 Å². The van der Waals surface area contributed by atoms with Gasteiger partial charge in [0.25, 0.3) is 5.91 Å². The van der Waals surface area contributed by atoms with E-state index in [1.54, 1.807) is 6.07 Å². The summed E-state index contributed by atoms with van der Waals surface area (Å²) in [5, 5.41) is 4.08. The number of nitrogens with zero attached hydrogens (tertiary/aromatic N) is 1. The second kappa shape index (κ2) is 6.54. The smallest absolute Gasteiger partial charge is 0.277 e. The van der Waals surface area contributed by atoms with Gasteiger partial charge in [-0.2, -0.15) is 5.10 Å². The molecule has 1 aliphatic rings. The number of carbonyl (C=O) groups is 1. The highest BCUT2D eigenvalue weighted by atomic mass is 79.9. The van der Waals surface area contributed by atoms with Gasteiger partial charge >= 0.3 is 0 Å². The zero-order valence-electron chi connectivity index (χ0n) is 9.99. The molecule has 0 atom stereocenters. The van der Waals surface area contributed by atoms with E-state index in [4.69, 9.17) is 4.74 Å². The quantitative estimate of drug-likeness (QED) is 0.869. The van der Waals surface area contributed by atoms with Crippen molar-refractivity contribution in [2.45, 2.75) is 25.7 Å². The summed E-state index contributed by atoms with van der Waals surface area (Å²) in [4.78, 5) is 11.5. The maximum absolute atomic E-state index is 11.5. The SMILES string of the molecule is O=C(COc1cccc(Br)c1)NN=C1CCCC1. The Morgan fingerprint density at radius 2 is 2.17 bits per heavy atom. The minimum absolute atomic E-state index is 0.0206. The molecule has 4 nitrogen and oxygen atoms in total. The fourth-order valence-electron chi connectivity index (χ4n) is 1.77. The number of amides is 1. The lowest BCUT2D eigenvalue weighted by atomic mass is 10.3. The third kappa shape index (κ3) is 4.14. The zero-order valence-corrected chi connectivity index (χ0v) is 11.6. The van der Waals surface area contributed by atoms with Crippen molar-refractivity contribution in [3.8, 4) is 5.75 Å². The van der Waals surface area contributed by atoms with Crippen molar-refractivity contribution in [1.82, 2.24) is 5.43 Å². The van der Waals surface area contributed by atoms with E-state index >= 15 is 0 Å². The van der Waals surface area contributed by atoms with Crippen LogP contribution in [0.2, 0.25) is 0 Å². The van der Waals surface area contributed by atoms with Gasteiger partial charge < -0.3 is 4.74 Å². The molecule has 1 N–H and O–H groups in total. The van der Waals surface area contributed by atoms with Crippen molar-refractivity contribution in [3.05, 3.63) is 28.7 Å². The third-order valence-corrected chi connectivity index (χ3v) is 3.18. The predicted molar refractivity (Wildman–Crippen MR) is 73.7 cm³/mol. The monoisotopic (exact) mass is 310 g/mol. The lowest BCUT2D eigenvalue weighted by molar-refractivity contribution is -0.123. The number of hydrogen-bond donors (Lipinski definition) is 1. The van der Waals surface area contributed by atoms with E-state index < -0.39 is 0 Å². The van der Waals surface area contributed by atoms with Crippen molar-refractivity contribution in [2.75, 3.05) is 6.61 Å². The zero-order chi connectivity index (χ0) is 12.8. The summed E-state index contributed by atoms with van der Waals surface area (Å²) in [7, 11) is 0. The average molecular weight is 311 g/mol. The van der Waals surface area contributed by atoms with Crippen LogP contribution in [-0.4, -0.2) is 18.2 Å². The van der Waals surface area contributed by atoms with Gasteiger partial charge in [0.15, 0.2) is 6.61 Å². The molecule has 5 heteroatoms. The lowest BCUT2D eigenvalue weighted by Crippen LogP contribution is -2.25. The summed E-state index contributed by atoms with van der Waals surface area (Å²) in [6.07, 6.45) is 4.33. The Morgan fingerprint density at radius 1 is 1.39 bits per heavy atom. The highest BCUT2D eigenvalue weighted by molar-refractivity contribution is 9.10. The lowest BCUT2D eigenvalue weighted by Gasteiger charge is -2.05. The van der Waals surface area contributed by atoms with Gasteiger partial charge in [0.2, 0.25) is 0 Å². The molecular formula is C13H15BrN2O2. The van der Waals surface area contributed by atoms with E-state index in [1.165, 1.54) is 12.8 Å². The maximum atomic E-state index is 11.5. The summed E-state index contributed by atoms with van der Waals surface area (Å²) in [6.45, 7) is -0.0206. The highest BCUT2D eigenvalue weighted by Crippen LogP contribution is 2.17. The average Bonchev–Trinajstić information content (AvgIpc) is 2.87. The van der Waals surface area contributed by atoms with Crippen LogP contribution in [0.4, 0.5) is 0 Å². The van der Waals surface area contributed by atoms with Crippen molar-refractivity contribution in [3.63, 3.8) is 0 Å². The Hall–Kier alpha value is -1.36. The molecule has 18 heavy (non-hydrogen) atoms. The number of ether oxygens (including phenoxy) is 1. The van der Waals surface area contributed by atoms with Gasteiger partial charge in [0, 0.05) is 10.2 Å². The normalized spacial score (nSPS) is 14.4. The Morgan fingerprint density at radius 3 is 2.89 bits per heavy atom. The van der Waals surface area contributed by atoms with Crippen LogP contribution < -0.4 is 10.2 Å². The number of halogens is 1. The maximum Gasteiger partial charge on any atom is 0.277 e. The molecule has 1 aromatic rings. The fraction of sp³-hybridized carbons (Fsp3) is 0.385. The molecule has 0 unspecified atom stereocenters. The summed E-state index contributed by atoms with van der Waals surface area (Å²) in [5.41, 5.74) is 3.60. The van der Waals surface area contributed by atoms with E-state index in [0.717, 1.165) is 23.0 Å². The van der Waals surface area contributed by atoms with Crippen LogP contribution >= 0.6 is 15.9 Å². The number of benzene rings is 1. The van der Waals surface area contributed by atoms with E-state index in [-0.39, 0.29) is 12.5 Å². The molecule has 2 rings (SSSR count). The topological polar surface area (TPSA) is 50.7 Å². The molecule has 1 aliphatic carbocycles. The molecule has 0 spiro atoms. The van der Waals surface area contributed by atoms with Crippen molar-refractivity contribution < 1.29 is 9.53 Å². The van der Waals surface area contributed by atoms with Crippen LogP contribution in [0.5, 0.6) is 5.75 Å². The molecule has 96 valence electrons. The molecule has 0 radical (unpaired) electrons. The van der Waals surface area contributed by atoms with Crippen LogP contribution in [0.1, 0.15) is 25.7 Å². The Bertz CT molecular complexity index is 452. The minimum Gasteiger partial charge on any atom is -0.484 e. The van der Waals surface area contributed by atoms with Crippen LogP contribution in [0.15, 0.2) is 33.8 Å². The van der Waals surface area contributed by atoms with E-state index in [2.05, 4.69) is 26.5 Å². The first-order chi connectivity index (χ1) is 8.74. The van der Waals surface area contributed by atoms with Crippen LogP contribution in [0.3, 0.4) is 0 Å². The second-order valence-corrected chi connectivity index (χ2v) is 5.08. The molecule has 0 bridgehead atoms. The number of rotatable bonds is 4. The molecular weight excluding hydrogens is 296 g/mol. The van der Waals surface area contributed by atoms with Gasteiger partial charge in [-0.15, -0.1) is 0 Å². The first-order valence-corrected chi connectivity index (χ1v) is 6.76. The third-order valence-electron chi connectivity index (χ3n) is 2.69. The Balaban J connectivity index is 1.76. The molecule has 0 saturated heterocycles. The fourth-order valence-corrected chi connectivity index (χ4v) is 2.15. The molecule has 0 aromatic heterocycles. The number of hydrazone groups is 1. The standard InChI is InChI=1S/C13H15BrN2O2/c14-10-4-3-7-12(8-10)18-9-13(17)16-15-11-5-1-2-6-11/h3-4,7-8H,1-2,5-6,9H2,(H,16,17). The van der Waals surface area contributed by atoms with E-state index in [0.29, 0.717) is 5.75 Å². The van der Waals surface area contributed by atoms with Gasteiger partial charge in [-0.3, -0.25) is 4.79 Å². The van der Waals surface area contributed by atoms with E-state index in [1.807, 2.05) is 18.2 Å². The largest absolute Gasteiger partial charge is 0.484 e. The molecule has 0 aliphatic heterocycles. The van der Waals surface area contributed by atoms with Crippen molar-refractivity contribution >= 4 is 27.5 Å². The molecule has 1 saturated carbocycles. The Labute approximate surface area is 115 Å². The van der Waals surface area contributed by atoms with Crippen LogP contribution in [0.25, 0.3) is 0 Å². The molecule has 1 amide bonds. The molecule has 1 fully saturated rings. The Kier molecular flexibility index (Phi) is 4.75. The summed E-state index contributed by atoms with van der Waals surface area (Å²) >= 11 is 3.34. The van der Waals surface area contributed by atoms with Gasteiger partial charge in [-0.1, -0.05) is 22.0 Å². The first kappa shape index (κ1) is 13.1. The number of hydrogen-bond acceptors (Lipinski definition) is 3. The second-order valence-electron chi connectivity index (χ2n) is 4.17. The van der Waals surface area contributed by atoms with Crippen LogP contribution in [-0.2, 0) is 4.79 Å². The summed E-state index contributed by atoms with van der Waals surface area (Å²) in [6, 6.07) is 7.38. The van der Waals surface area contributed by atoms with Gasteiger partial charge in [0.05, 0.1) is 0 Å². The van der Waals surface area contributed by atoms with Gasteiger partial charge in [0.1, 0.15) is 5.75 Å². The van der Waals surface area contributed by atoms with Gasteiger partial charge in [-0.05, 0) is 43.9 Å². The summed E-state index contributed by atoms with van der Waals surface area (Å²) < 4.78 is 6.28. The van der Waals surface area contributed by atoms with Crippen molar-refractivity contribution in [2.24, 2.45) is 5.10 Å². The van der Waals surface area contributed by atoms with E-state index in [9.17, 15) is 4.79 Å². The minimum atomic E-state index is -0.227. The van der Waals surface area contributed by atoms with Crippen molar-refractivity contribution in [1.29, 1.82) is 0 Å². The number of nitrogens with one attached hydrogen (secondary N) is 1. The first-order valence-electron chi connectivity index (χ1n) is 5.97. The predicted octanol–water partition coefficient (Wildman–Crippen LogP) is 2.87. The van der Waals surface area contributed by atoms with Gasteiger partial charge in [-0.25, -0.2) is 5.43 Å². The molecule has 0 heterocycles.